The van der Waals surface area contributed by atoms with Crippen molar-refractivity contribution < 1.29 is 19.4 Å². The van der Waals surface area contributed by atoms with Gasteiger partial charge in [0.15, 0.2) is 0 Å². The van der Waals surface area contributed by atoms with E-state index in [1.165, 1.54) is 64.2 Å². The standard InChI is InChI=1S/C29H54O4/c1-23(2)16-11-9-7-5-6-8-10-12-20-27(21-14-13-17-24(3)4)33-29(32)26-19-15-18-25(22-26)28(30)31/h23-27H,5-22H2,1-4H3,(H,30,31). The van der Waals surface area contributed by atoms with Crippen molar-refractivity contribution in [3.63, 3.8) is 0 Å². The van der Waals surface area contributed by atoms with Gasteiger partial charge >= 0.3 is 11.9 Å². The highest BCUT2D eigenvalue weighted by Crippen LogP contribution is 2.31. The Morgan fingerprint density at radius 2 is 1.12 bits per heavy atom. The molecule has 1 aliphatic rings. The smallest absolute Gasteiger partial charge is 0.309 e. The average molecular weight is 467 g/mol. The van der Waals surface area contributed by atoms with Gasteiger partial charge in [-0.2, -0.15) is 0 Å². The Hall–Kier alpha value is -1.06. The molecule has 0 aromatic heterocycles. The predicted molar refractivity (Wildman–Crippen MR) is 137 cm³/mol. The first-order valence-corrected chi connectivity index (χ1v) is 14.2. The van der Waals surface area contributed by atoms with Crippen LogP contribution in [-0.4, -0.2) is 23.1 Å². The maximum atomic E-state index is 12.8. The molecule has 0 aromatic carbocycles. The number of hydrogen-bond acceptors (Lipinski definition) is 3. The monoisotopic (exact) mass is 466 g/mol. The minimum atomic E-state index is -0.766. The predicted octanol–water partition coefficient (Wildman–Crippen LogP) is 8.56. The van der Waals surface area contributed by atoms with Crippen molar-refractivity contribution in [3.8, 4) is 0 Å². The van der Waals surface area contributed by atoms with Crippen LogP contribution in [-0.2, 0) is 14.3 Å². The van der Waals surface area contributed by atoms with Crippen molar-refractivity contribution in [2.24, 2.45) is 23.7 Å². The second-order valence-corrected chi connectivity index (χ2v) is 11.4. The van der Waals surface area contributed by atoms with Crippen LogP contribution in [0.5, 0.6) is 0 Å². The second-order valence-electron chi connectivity index (χ2n) is 11.4. The van der Waals surface area contributed by atoms with Crippen LogP contribution in [0.1, 0.15) is 143 Å². The zero-order valence-electron chi connectivity index (χ0n) is 22.3. The molecule has 4 heteroatoms. The van der Waals surface area contributed by atoms with E-state index in [2.05, 4.69) is 27.7 Å². The number of hydrogen-bond donors (Lipinski definition) is 1. The third-order valence-electron chi connectivity index (χ3n) is 7.25. The SMILES string of the molecule is CC(C)CCCCCCCCCCC(CCCCC(C)C)OC(=O)C1CCCC(C(=O)O)C1. The minimum absolute atomic E-state index is 0.00546. The second kappa shape index (κ2) is 18.3. The summed E-state index contributed by atoms with van der Waals surface area (Å²) in [5.41, 5.74) is 0. The molecule has 1 fully saturated rings. The lowest BCUT2D eigenvalue weighted by molar-refractivity contribution is -0.158. The molecule has 3 unspecified atom stereocenters. The molecule has 1 N–H and O–H groups in total. The van der Waals surface area contributed by atoms with Gasteiger partial charge < -0.3 is 9.84 Å². The highest BCUT2D eigenvalue weighted by atomic mass is 16.5. The fourth-order valence-corrected chi connectivity index (χ4v) is 5.06. The summed E-state index contributed by atoms with van der Waals surface area (Å²) < 4.78 is 5.98. The maximum Gasteiger partial charge on any atom is 0.309 e. The van der Waals surface area contributed by atoms with E-state index in [9.17, 15) is 14.7 Å². The molecule has 0 amide bonds. The van der Waals surface area contributed by atoms with Gasteiger partial charge in [-0.05, 0) is 56.8 Å². The fourth-order valence-electron chi connectivity index (χ4n) is 5.06. The normalized spacial score (nSPS) is 19.7. The molecule has 4 nitrogen and oxygen atoms in total. The molecule has 194 valence electrons. The Bertz CT molecular complexity index is 514. The third-order valence-corrected chi connectivity index (χ3v) is 7.25. The van der Waals surface area contributed by atoms with E-state index in [1.807, 2.05) is 0 Å². The van der Waals surface area contributed by atoms with Gasteiger partial charge in [-0.1, -0.05) is 98.3 Å². The lowest BCUT2D eigenvalue weighted by atomic mass is 9.81. The van der Waals surface area contributed by atoms with Gasteiger partial charge in [0.2, 0.25) is 0 Å². The van der Waals surface area contributed by atoms with Crippen molar-refractivity contribution in [1.29, 1.82) is 0 Å². The molecule has 0 aromatic rings. The Labute approximate surface area is 204 Å². The van der Waals surface area contributed by atoms with Crippen molar-refractivity contribution in [2.75, 3.05) is 0 Å². The van der Waals surface area contributed by atoms with E-state index >= 15 is 0 Å². The summed E-state index contributed by atoms with van der Waals surface area (Å²) in [6.45, 7) is 9.11. The van der Waals surface area contributed by atoms with Gasteiger partial charge in [-0.25, -0.2) is 0 Å². The molecule has 0 saturated heterocycles. The zero-order valence-corrected chi connectivity index (χ0v) is 22.3. The van der Waals surface area contributed by atoms with E-state index in [-0.39, 0.29) is 23.9 Å². The van der Waals surface area contributed by atoms with Gasteiger partial charge in [-0.15, -0.1) is 0 Å². The van der Waals surface area contributed by atoms with E-state index in [4.69, 9.17) is 4.74 Å². The van der Waals surface area contributed by atoms with Gasteiger partial charge in [-0.3, -0.25) is 9.59 Å². The molecule has 1 saturated carbocycles. The number of rotatable bonds is 19. The quantitative estimate of drug-likeness (QED) is 0.153. The van der Waals surface area contributed by atoms with Crippen molar-refractivity contribution in [3.05, 3.63) is 0 Å². The molecule has 0 bridgehead atoms. The Morgan fingerprint density at radius 1 is 0.697 bits per heavy atom. The number of esters is 1. The Kier molecular flexibility index (Phi) is 16.6. The number of carbonyl (C=O) groups excluding carboxylic acids is 1. The first kappa shape index (κ1) is 30.0. The summed E-state index contributed by atoms with van der Waals surface area (Å²) in [5, 5.41) is 9.32. The molecule has 0 heterocycles. The molecule has 33 heavy (non-hydrogen) atoms. The van der Waals surface area contributed by atoms with Crippen molar-refractivity contribution >= 4 is 11.9 Å². The summed E-state index contributed by atoms with van der Waals surface area (Å²) in [5.74, 6) is 0.0226. The first-order chi connectivity index (χ1) is 15.8. The first-order valence-electron chi connectivity index (χ1n) is 14.2. The molecular weight excluding hydrogens is 412 g/mol. The highest BCUT2D eigenvalue weighted by molar-refractivity contribution is 5.75. The number of ether oxygens (including phenoxy) is 1. The number of carboxylic acid groups (broad SMARTS) is 1. The van der Waals surface area contributed by atoms with Crippen LogP contribution in [0.15, 0.2) is 0 Å². The van der Waals surface area contributed by atoms with Crippen LogP contribution in [0.2, 0.25) is 0 Å². The number of carbonyl (C=O) groups is 2. The third kappa shape index (κ3) is 15.5. The number of aliphatic carboxylic acids is 1. The van der Waals surface area contributed by atoms with Crippen molar-refractivity contribution in [1.82, 2.24) is 0 Å². The van der Waals surface area contributed by atoms with Crippen LogP contribution in [0.25, 0.3) is 0 Å². The largest absolute Gasteiger partial charge is 0.481 e. The summed E-state index contributed by atoms with van der Waals surface area (Å²) in [4.78, 5) is 24.2. The zero-order chi connectivity index (χ0) is 24.5. The molecule has 0 aliphatic heterocycles. The van der Waals surface area contributed by atoms with Gasteiger partial charge in [0, 0.05) is 0 Å². The van der Waals surface area contributed by atoms with Crippen LogP contribution in [0.4, 0.5) is 0 Å². The molecule has 3 atom stereocenters. The Morgan fingerprint density at radius 3 is 1.64 bits per heavy atom. The molecule has 0 radical (unpaired) electrons. The lowest BCUT2D eigenvalue weighted by Crippen LogP contribution is -2.31. The van der Waals surface area contributed by atoms with Gasteiger partial charge in [0.25, 0.3) is 0 Å². The average Bonchev–Trinajstić information content (AvgIpc) is 2.77. The molecular formula is C29H54O4. The summed E-state index contributed by atoms with van der Waals surface area (Å²) >= 11 is 0. The van der Waals surface area contributed by atoms with E-state index < -0.39 is 5.97 Å². The highest BCUT2D eigenvalue weighted by Gasteiger charge is 2.32. The van der Waals surface area contributed by atoms with E-state index in [1.54, 1.807) is 0 Å². The fraction of sp³-hybridized carbons (Fsp3) is 0.931. The van der Waals surface area contributed by atoms with Gasteiger partial charge in [0.05, 0.1) is 11.8 Å². The van der Waals surface area contributed by atoms with E-state index in [0.717, 1.165) is 44.4 Å². The van der Waals surface area contributed by atoms with Crippen LogP contribution < -0.4 is 0 Å². The number of carboxylic acids is 1. The Balaban J connectivity index is 2.32. The number of unbranched alkanes of at least 4 members (excludes halogenated alkanes) is 8. The van der Waals surface area contributed by atoms with Crippen molar-refractivity contribution in [2.45, 2.75) is 149 Å². The van der Waals surface area contributed by atoms with Crippen LogP contribution >= 0.6 is 0 Å². The summed E-state index contributed by atoms with van der Waals surface area (Å²) in [7, 11) is 0. The lowest BCUT2D eigenvalue weighted by Gasteiger charge is -2.27. The minimum Gasteiger partial charge on any atom is -0.481 e. The van der Waals surface area contributed by atoms with Gasteiger partial charge in [0.1, 0.15) is 6.10 Å². The maximum absolute atomic E-state index is 12.8. The summed E-state index contributed by atoms with van der Waals surface area (Å²) in [6, 6.07) is 0. The van der Waals surface area contributed by atoms with Crippen LogP contribution in [0, 0.1) is 23.7 Å². The molecule has 0 spiro atoms. The molecule has 1 rings (SSSR count). The molecule has 1 aliphatic carbocycles. The topological polar surface area (TPSA) is 63.6 Å². The van der Waals surface area contributed by atoms with Crippen LogP contribution in [0.3, 0.4) is 0 Å². The summed E-state index contributed by atoms with van der Waals surface area (Å²) in [6.07, 6.45) is 19.9. The van der Waals surface area contributed by atoms with E-state index in [0.29, 0.717) is 18.8 Å².